The van der Waals surface area contributed by atoms with Crippen LogP contribution in [0.25, 0.3) is 34.3 Å². The van der Waals surface area contributed by atoms with Crippen molar-refractivity contribution in [2.45, 2.75) is 84.6 Å². The summed E-state index contributed by atoms with van der Waals surface area (Å²) in [4.78, 5) is 54.9. The number of carboxylic acids is 1. The lowest BCUT2D eigenvalue weighted by Crippen LogP contribution is -2.35. The van der Waals surface area contributed by atoms with Crippen LogP contribution in [0.5, 0.6) is 0 Å². The quantitative estimate of drug-likeness (QED) is 0.0153. The predicted molar refractivity (Wildman–Crippen MR) is 280 cm³/mol. The van der Waals surface area contributed by atoms with Gasteiger partial charge in [0.1, 0.15) is 26.5 Å². The first-order valence-electron chi connectivity index (χ1n) is 23.1. The Morgan fingerprint density at radius 3 is 1.91 bits per heavy atom. The summed E-state index contributed by atoms with van der Waals surface area (Å²) in [6, 6.07) is 34.4. The molecule has 68 heavy (non-hydrogen) atoms. The van der Waals surface area contributed by atoms with Crippen molar-refractivity contribution in [1.29, 1.82) is 5.26 Å². The number of nitriles is 1. The molecule has 1 saturated heterocycles. The Balaban J connectivity index is 1.29. The minimum absolute atomic E-state index is 0.0996. The van der Waals surface area contributed by atoms with Gasteiger partial charge in [0.2, 0.25) is 5.76 Å². The molecule has 1 aromatic heterocycles. The van der Waals surface area contributed by atoms with Gasteiger partial charge in [0.25, 0.3) is 17.9 Å². The maximum absolute atomic E-state index is 14.1. The summed E-state index contributed by atoms with van der Waals surface area (Å²) in [5, 5.41) is 19.5. The van der Waals surface area contributed by atoms with E-state index in [4.69, 9.17) is 17.0 Å². The molecule has 348 valence electrons. The number of thiazole rings is 1. The lowest BCUT2D eigenvalue weighted by molar-refractivity contribution is -0.137. The minimum Gasteiger partial charge on any atom is -0.480 e. The number of aromatic nitrogens is 1. The summed E-state index contributed by atoms with van der Waals surface area (Å²) in [6.07, 6.45) is 18.7. The number of carbonyl (C=O) groups excluding carboxylic acids is 2. The Bertz CT molecular complexity index is 3000. The molecule has 1 N–H and O–H groups in total. The van der Waals surface area contributed by atoms with Gasteiger partial charge in [-0.1, -0.05) is 149 Å². The van der Waals surface area contributed by atoms with Crippen molar-refractivity contribution in [1.82, 2.24) is 9.47 Å². The smallest absolute Gasteiger partial charge is 0.323 e. The molecule has 1 fully saturated rings. The van der Waals surface area contributed by atoms with Gasteiger partial charge in [0, 0.05) is 24.5 Å². The van der Waals surface area contributed by atoms with E-state index in [1.807, 2.05) is 79.7 Å². The zero-order valence-electron chi connectivity index (χ0n) is 38.3. The number of carbonyl (C=O) groups is 3. The summed E-state index contributed by atoms with van der Waals surface area (Å²) >= 11 is 7.65. The molecule has 10 nitrogen and oxygen atoms in total. The second-order valence-corrected chi connectivity index (χ2v) is 19.3. The van der Waals surface area contributed by atoms with Crippen LogP contribution in [-0.2, 0) is 38.5 Å². The molecular weight excluding hydrogens is 909 g/mol. The first-order valence-corrected chi connectivity index (χ1v) is 25.2. The van der Waals surface area contributed by atoms with Crippen LogP contribution in [0.3, 0.4) is 0 Å². The molecule has 7 rings (SSSR count). The number of carboxylic acid groups (broad SMARTS) is 1. The van der Waals surface area contributed by atoms with E-state index >= 15 is 0 Å². The molecule has 1 amide bonds. The number of nitrogens with zero attached hydrogens (tertiary/aromatic N) is 4. The molecule has 0 spiro atoms. The lowest BCUT2D eigenvalue weighted by atomic mass is 9.97. The number of ether oxygens (including phenoxy) is 1. The molecule has 0 aliphatic carbocycles. The Kier molecular flexibility index (Phi) is 17.3. The molecule has 0 saturated carbocycles. The van der Waals surface area contributed by atoms with Crippen LogP contribution in [0.4, 0.5) is 11.4 Å². The van der Waals surface area contributed by atoms with E-state index in [0.29, 0.717) is 15.4 Å². The fraction of sp³-hybridized carbons (Fsp3) is 0.273. The third-order valence-electron chi connectivity index (χ3n) is 12.0. The van der Waals surface area contributed by atoms with Gasteiger partial charge < -0.3 is 14.7 Å². The Hall–Kier alpha value is -6.59. The third-order valence-corrected chi connectivity index (χ3v) is 14.7. The van der Waals surface area contributed by atoms with Crippen LogP contribution in [0.1, 0.15) is 98.6 Å². The van der Waals surface area contributed by atoms with Crippen molar-refractivity contribution in [2.75, 3.05) is 18.0 Å². The maximum atomic E-state index is 14.1. The van der Waals surface area contributed by atoms with E-state index in [1.54, 1.807) is 12.2 Å². The molecule has 3 heterocycles. The SMILES string of the molecule is CCCCCCCCCCN1c2ccc(/C=C(\C=c3/s/c(=C4/SC(=S)N(CC)C4=O)n(CC(=O)O)c3=O)c3ccccc3)cc2CCc2cc(/C=C(\C=C(/C#N)OC=O)c3ccccc3)ccc21. The van der Waals surface area contributed by atoms with Crippen LogP contribution in [0, 0.1) is 11.3 Å². The van der Waals surface area contributed by atoms with Gasteiger partial charge in [-0.2, -0.15) is 5.26 Å². The monoisotopic (exact) mass is 962 g/mol. The molecule has 0 bridgehead atoms. The minimum atomic E-state index is -1.19. The van der Waals surface area contributed by atoms with Crippen molar-refractivity contribution < 1.29 is 24.2 Å². The van der Waals surface area contributed by atoms with Crippen molar-refractivity contribution in [3.63, 3.8) is 0 Å². The summed E-state index contributed by atoms with van der Waals surface area (Å²) in [6.45, 7) is 4.94. The summed E-state index contributed by atoms with van der Waals surface area (Å²) < 4.78 is 7.08. The molecule has 0 radical (unpaired) electrons. The van der Waals surface area contributed by atoms with E-state index in [1.165, 1.54) is 54.6 Å². The number of allylic oxidation sites excluding steroid dienone is 4. The number of thiocarbonyl (C=S) groups is 1. The molecule has 13 heteroatoms. The molecule has 4 aromatic carbocycles. The van der Waals surface area contributed by atoms with Crippen molar-refractivity contribution in [3.05, 3.63) is 162 Å². The predicted octanol–water partition coefficient (Wildman–Crippen LogP) is 10.5. The Morgan fingerprint density at radius 1 is 0.794 bits per heavy atom. The normalized spacial score (nSPS) is 15.2. The Labute approximate surface area is 410 Å². The lowest BCUT2D eigenvalue weighted by Gasteiger charge is -2.27. The average molecular weight is 963 g/mol. The number of fused-ring (bicyclic) bond motifs is 2. The molecule has 0 atom stereocenters. The first kappa shape index (κ1) is 49.3. The van der Waals surface area contributed by atoms with E-state index in [-0.39, 0.29) is 27.7 Å². The second-order valence-electron chi connectivity index (χ2n) is 16.6. The topological polar surface area (TPSA) is 133 Å². The first-order chi connectivity index (χ1) is 33.1. The molecule has 0 unspecified atom stereocenters. The van der Waals surface area contributed by atoms with Gasteiger partial charge in [-0.25, -0.2) is 0 Å². The molecule has 5 aromatic rings. The van der Waals surface area contributed by atoms with Gasteiger partial charge in [0.15, 0.2) is 0 Å². The number of anilines is 2. The van der Waals surface area contributed by atoms with E-state index in [0.717, 1.165) is 105 Å². The van der Waals surface area contributed by atoms with Crippen molar-refractivity contribution >= 4 is 104 Å². The highest BCUT2D eigenvalue weighted by Crippen LogP contribution is 2.39. The number of amides is 1. The Morgan fingerprint density at radius 2 is 1.37 bits per heavy atom. The number of unbranched alkanes of at least 4 members (excludes halogenated alkanes) is 7. The number of hydrogen-bond acceptors (Lipinski definition) is 10. The van der Waals surface area contributed by atoms with Gasteiger partial charge in [-0.15, -0.1) is 11.3 Å². The van der Waals surface area contributed by atoms with Crippen molar-refractivity contribution in [3.8, 4) is 6.07 Å². The standard InChI is InChI=1S/C55H54N4O6S3/c1-3-5-6-7-8-9-10-17-28-58-47-26-22-38(31-44(33-46(35-56)65-37-60)40-18-13-11-14-19-40)29-42(47)24-25-43-30-39(23-27-48(43)58)32-45(41-20-15-12-16-21-41)34-49-52(63)59(36-50(61)62)54(67-49)51-53(64)57(4-2)55(66)68-51/h11-16,18-23,26-27,29-34,37H,3-10,17,24-25,28,36H2,1-2H3,(H,61,62)/b44-31+,45-32+,46-33+,49-34-,54-51+. The zero-order chi connectivity index (χ0) is 48.0. The molecule has 2 aliphatic heterocycles. The highest BCUT2D eigenvalue weighted by molar-refractivity contribution is 8.30. The molecule has 2 aliphatic rings. The average Bonchev–Trinajstić information content (AvgIpc) is 3.74. The highest BCUT2D eigenvalue weighted by atomic mass is 32.2. The fourth-order valence-corrected chi connectivity index (χ4v) is 11.2. The fourth-order valence-electron chi connectivity index (χ4n) is 8.59. The largest absolute Gasteiger partial charge is 0.480 e. The summed E-state index contributed by atoms with van der Waals surface area (Å²) in [7, 11) is 0. The number of benzene rings is 4. The van der Waals surface area contributed by atoms with Gasteiger partial charge in [0.05, 0.1) is 4.53 Å². The number of thioether (sulfide) groups is 1. The van der Waals surface area contributed by atoms with Crippen LogP contribution in [0.15, 0.2) is 114 Å². The van der Waals surface area contributed by atoms with E-state index in [2.05, 4.69) is 54.3 Å². The van der Waals surface area contributed by atoms with E-state index in [9.17, 15) is 29.5 Å². The summed E-state index contributed by atoms with van der Waals surface area (Å²) in [5.41, 5.74) is 9.29. The number of aryl methyl sites for hydroxylation is 2. The van der Waals surface area contributed by atoms with Gasteiger partial charge in [-0.05, 0) is 119 Å². The maximum Gasteiger partial charge on any atom is 0.323 e. The second kappa shape index (κ2) is 23.9. The number of rotatable bonds is 20. The van der Waals surface area contributed by atoms with Crippen LogP contribution in [0.2, 0.25) is 0 Å². The zero-order valence-corrected chi connectivity index (χ0v) is 40.8. The van der Waals surface area contributed by atoms with Crippen LogP contribution >= 0.6 is 35.3 Å². The number of aliphatic carboxylic acids is 1. The van der Waals surface area contributed by atoms with Gasteiger partial charge in [-0.3, -0.25) is 28.6 Å². The number of hydrogen-bond donors (Lipinski definition) is 1. The van der Waals surface area contributed by atoms with Gasteiger partial charge >= 0.3 is 5.97 Å². The van der Waals surface area contributed by atoms with Crippen LogP contribution in [-0.4, -0.2) is 50.3 Å². The highest BCUT2D eigenvalue weighted by Gasteiger charge is 2.33. The van der Waals surface area contributed by atoms with Crippen LogP contribution < -0.4 is 19.7 Å². The van der Waals surface area contributed by atoms with Crippen molar-refractivity contribution in [2.24, 2.45) is 0 Å². The van der Waals surface area contributed by atoms with E-state index < -0.39 is 18.1 Å². The molecular formula is C55H54N4O6S3. The summed E-state index contributed by atoms with van der Waals surface area (Å²) in [5.74, 6) is -1.63. The third kappa shape index (κ3) is 12.1.